The Bertz CT molecular complexity index is 875. The quantitative estimate of drug-likeness (QED) is 0.910. The molecule has 5 nitrogen and oxygen atoms in total. The lowest BCUT2D eigenvalue weighted by Crippen LogP contribution is -2.38. The van der Waals surface area contributed by atoms with Gasteiger partial charge in [0.25, 0.3) is 0 Å². The monoisotopic (exact) mass is 359 g/mol. The summed E-state index contributed by atoms with van der Waals surface area (Å²) in [6, 6.07) is 14.1. The van der Waals surface area contributed by atoms with Crippen LogP contribution < -0.4 is 10.1 Å². The van der Waals surface area contributed by atoms with Crippen molar-refractivity contribution in [2.45, 2.75) is 24.3 Å². The van der Waals surface area contributed by atoms with Crippen molar-refractivity contribution in [3.63, 3.8) is 0 Å². The van der Waals surface area contributed by atoms with Crippen LogP contribution in [0.15, 0.2) is 53.4 Å². The molecule has 132 valence electrons. The second-order valence-electron chi connectivity index (χ2n) is 6.39. The Hall–Kier alpha value is -2.34. The van der Waals surface area contributed by atoms with Crippen molar-refractivity contribution in [1.29, 1.82) is 0 Å². The summed E-state index contributed by atoms with van der Waals surface area (Å²) in [7, 11) is -3.22. The van der Waals surface area contributed by atoms with Gasteiger partial charge < -0.3 is 10.1 Å². The zero-order valence-corrected chi connectivity index (χ0v) is 15.0. The lowest BCUT2D eigenvalue weighted by atomic mass is 9.95. The van der Waals surface area contributed by atoms with Gasteiger partial charge in [0.15, 0.2) is 9.84 Å². The third kappa shape index (κ3) is 4.02. The van der Waals surface area contributed by atoms with Crippen LogP contribution in [0.4, 0.5) is 0 Å². The number of nitrogens with one attached hydrogen (secondary N) is 1. The van der Waals surface area contributed by atoms with Gasteiger partial charge in [-0.05, 0) is 42.7 Å². The third-order valence-corrected chi connectivity index (χ3v) is 5.55. The van der Waals surface area contributed by atoms with Crippen molar-refractivity contribution in [2.24, 2.45) is 5.92 Å². The Morgan fingerprint density at radius 1 is 1.16 bits per heavy atom. The molecule has 2 aromatic carbocycles. The maximum Gasteiger partial charge on any atom is 0.227 e. The normalized spacial score (nSPS) is 17.9. The van der Waals surface area contributed by atoms with Crippen LogP contribution in [-0.4, -0.2) is 27.2 Å². The number of sulfone groups is 1. The van der Waals surface area contributed by atoms with Crippen LogP contribution >= 0.6 is 0 Å². The molecule has 0 radical (unpaired) electrons. The average Bonchev–Trinajstić information content (AvgIpc) is 2.60. The van der Waals surface area contributed by atoms with Gasteiger partial charge in [-0.1, -0.05) is 30.3 Å². The first-order valence-corrected chi connectivity index (χ1v) is 10.0. The summed E-state index contributed by atoms with van der Waals surface area (Å²) in [5.74, 6) is 0.554. The van der Waals surface area contributed by atoms with Gasteiger partial charge in [0.2, 0.25) is 5.91 Å². The van der Waals surface area contributed by atoms with Crippen molar-refractivity contribution in [3.05, 3.63) is 59.7 Å². The zero-order chi connectivity index (χ0) is 18.0. The number of ether oxygens (including phenoxy) is 1. The highest BCUT2D eigenvalue weighted by Gasteiger charge is 2.26. The number of carbonyl (C=O) groups is 1. The summed E-state index contributed by atoms with van der Waals surface area (Å²) in [6.45, 7) is 2.24. The molecule has 6 heteroatoms. The number of amides is 1. The molecule has 3 rings (SSSR count). The molecular weight excluding hydrogens is 338 g/mol. The molecule has 2 atom stereocenters. The van der Waals surface area contributed by atoms with E-state index in [4.69, 9.17) is 4.74 Å². The molecule has 0 aliphatic carbocycles. The summed E-state index contributed by atoms with van der Waals surface area (Å²) in [6.07, 6.45) is 1.83. The number of hydrogen-bond donors (Lipinski definition) is 1. The first-order valence-electron chi connectivity index (χ1n) is 8.15. The average molecular weight is 359 g/mol. The van der Waals surface area contributed by atoms with E-state index in [1.54, 1.807) is 24.3 Å². The molecule has 1 N–H and O–H groups in total. The fourth-order valence-corrected chi connectivity index (χ4v) is 3.55. The van der Waals surface area contributed by atoms with Crippen molar-refractivity contribution in [1.82, 2.24) is 5.32 Å². The van der Waals surface area contributed by atoms with E-state index < -0.39 is 9.84 Å². The van der Waals surface area contributed by atoms with Gasteiger partial charge in [-0.3, -0.25) is 4.79 Å². The van der Waals surface area contributed by atoms with Gasteiger partial charge in [0.1, 0.15) is 12.4 Å². The molecular formula is C19H21NO4S. The molecule has 0 unspecified atom stereocenters. The van der Waals surface area contributed by atoms with Gasteiger partial charge in [-0.2, -0.15) is 0 Å². The highest BCUT2D eigenvalue weighted by molar-refractivity contribution is 7.90. The summed E-state index contributed by atoms with van der Waals surface area (Å²) in [4.78, 5) is 12.8. The van der Waals surface area contributed by atoms with E-state index in [9.17, 15) is 13.2 Å². The number of para-hydroxylation sites is 1. The lowest BCUT2D eigenvalue weighted by Gasteiger charge is -2.26. The Labute approximate surface area is 147 Å². The molecule has 1 aliphatic rings. The highest BCUT2D eigenvalue weighted by Crippen LogP contribution is 2.27. The predicted molar refractivity (Wildman–Crippen MR) is 95.2 cm³/mol. The van der Waals surface area contributed by atoms with Gasteiger partial charge in [0, 0.05) is 6.26 Å². The molecule has 0 bridgehead atoms. The first-order chi connectivity index (χ1) is 11.8. The van der Waals surface area contributed by atoms with Gasteiger partial charge >= 0.3 is 0 Å². The van der Waals surface area contributed by atoms with Crippen LogP contribution in [0.3, 0.4) is 0 Å². The third-order valence-electron chi connectivity index (χ3n) is 4.42. The minimum atomic E-state index is -3.22. The Kier molecular flexibility index (Phi) is 4.81. The van der Waals surface area contributed by atoms with E-state index in [2.05, 4.69) is 5.32 Å². The fourth-order valence-electron chi connectivity index (χ4n) is 2.91. The summed E-state index contributed by atoms with van der Waals surface area (Å²) in [5, 5.41) is 2.99. The highest BCUT2D eigenvalue weighted by atomic mass is 32.2. The number of carbonyl (C=O) groups excluding carboxylic acids is 1. The predicted octanol–water partition coefficient (Wildman–Crippen LogP) is 2.52. The molecule has 0 saturated carbocycles. The van der Waals surface area contributed by atoms with Crippen LogP contribution in [0.5, 0.6) is 5.75 Å². The molecule has 0 saturated heterocycles. The van der Waals surface area contributed by atoms with Gasteiger partial charge in [-0.25, -0.2) is 8.42 Å². The van der Waals surface area contributed by atoms with Crippen LogP contribution in [0.25, 0.3) is 0 Å². The Morgan fingerprint density at radius 2 is 1.84 bits per heavy atom. The van der Waals surface area contributed by atoms with E-state index >= 15 is 0 Å². The minimum absolute atomic E-state index is 0.0609. The number of rotatable bonds is 4. The molecule has 1 aliphatic heterocycles. The molecule has 25 heavy (non-hydrogen) atoms. The number of fused-ring (bicyclic) bond motifs is 1. The smallest absolute Gasteiger partial charge is 0.227 e. The Morgan fingerprint density at radius 3 is 2.52 bits per heavy atom. The van der Waals surface area contributed by atoms with E-state index in [1.807, 2.05) is 31.2 Å². The summed E-state index contributed by atoms with van der Waals surface area (Å²) < 4.78 is 28.7. The van der Waals surface area contributed by atoms with Gasteiger partial charge in [-0.15, -0.1) is 0 Å². The van der Waals surface area contributed by atoms with Crippen molar-refractivity contribution >= 4 is 15.7 Å². The molecule has 1 heterocycles. The van der Waals surface area contributed by atoms with Crippen LogP contribution in [0, 0.1) is 5.92 Å². The SMILES string of the molecule is C[C@H](NC(=O)[C@@H]1COc2ccccc2C1)c1ccc(S(C)(=O)=O)cc1. The fraction of sp³-hybridized carbons (Fsp3) is 0.316. The largest absolute Gasteiger partial charge is 0.492 e. The van der Waals surface area contributed by atoms with Crippen LogP contribution in [0.2, 0.25) is 0 Å². The molecule has 0 aromatic heterocycles. The van der Waals surface area contributed by atoms with Crippen molar-refractivity contribution in [2.75, 3.05) is 12.9 Å². The maximum absolute atomic E-state index is 12.5. The lowest BCUT2D eigenvalue weighted by molar-refractivity contribution is -0.126. The molecule has 0 spiro atoms. The number of benzene rings is 2. The second-order valence-corrected chi connectivity index (χ2v) is 8.41. The van der Waals surface area contributed by atoms with E-state index in [-0.39, 0.29) is 22.8 Å². The molecule has 0 fully saturated rings. The van der Waals surface area contributed by atoms with Crippen molar-refractivity contribution < 1.29 is 17.9 Å². The van der Waals surface area contributed by atoms with Crippen LogP contribution in [0.1, 0.15) is 24.1 Å². The standard InChI is InChI=1S/C19H21NO4S/c1-13(14-7-9-17(10-8-14)25(2,22)23)20-19(21)16-11-15-5-3-4-6-18(15)24-12-16/h3-10,13,16H,11-12H2,1-2H3,(H,20,21)/t13-,16-/m0/s1. The first kappa shape index (κ1) is 17.5. The topological polar surface area (TPSA) is 72.5 Å². The zero-order valence-electron chi connectivity index (χ0n) is 14.2. The summed E-state index contributed by atoms with van der Waals surface area (Å²) >= 11 is 0. The summed E-state index contributed by atoms with van der Waals surface area (Å²) in [5.41, 5.74) is 1.90. The molecule has 1 amide bonds. The second kappa shape index (κ2) is 6.88. The van der Waals surface area contributed by atoms with E-state index in [0.717, 1.165) is 16.9 Å². The maximum atomic E-state index is 12.5. The minimum Gasteiger partial charge on any atom is -0.492 e. The van der Waals surface area contributed by atoms with E-state index in [1.165, 1.54) is 6.26 Å². The molecule has 2 aromatic rings. The van der Waals surface area contributed by atoms with Gasteiger partial charge in [0.05, 0.1) is 16.9 Å². The number of hydrogen-bond acceptors (Lipinski definition) is 4. The Balaban J connectivity index is 1.65. The van der Waals surface area contributed by atoms with Crippen molar-refractivity contribution in [3.8, 4) is 5.75 Å². The van der Waals surface area contributed by atoms with E-state index in [0.29, 0.717) is 13.0 Å². The van der Waals surface area contributed by atoms with Crippen LogP contribution in [-0.2, 0) is 21.1 Å².